The van der Waals surface area contributed by atoms with E-state index in [4.69, 9.17) is 0 Å². The van der Waals surface area contributed by atoms with Gasteiger partial charge >= 0.3 is 0 Å². The van der Waals surface area contributed by atoms with Crippen molar-refractivity contribution in [2.45, 2.75) is 20.0 Å². The highest BCUT2D eigenvalue weighted by molar-refractivity contribution is 7.02. The van der Waals surface area contributed by atoms with Gasteiger partial charge in [-0.15, -0.1) is 0 Å². The van der Waals surface area contributed by atoms with E-state index in [0.717, 1.165) is 27.5 Å². The molecule has 1 aliphatic rings. The van der Waals surface area contributed by atoms with Crippen molar-refractivity contribution in [1.82, 2.24) is 0 Å². The van der Waals surface area contributed by atoms with Crippen LogP contribution in [0.5, 0.6) is 0 Å². The number of aryl methyl sites for hydroxylation is 1. The first kappa shape index (κ1) is 13.5. The molecule has 0 spiro atoms. The molecule has 0 saturated carbocycles. The summed E-state index contributed by atoms with van der Waals surface area (Å²) < 4.78 is 0. The number of ketones is 1. The molecule has 22 heavy (non-hydrogen) atoms. The summed E-state index contributed by atoms with van der Waals surface area (Å²) in [4.78, 5) is 13.2. The fourth-order valence-electron chi connectivity index (χ4n) is 3.71. The number of hydrogen-bond acceptors (Lipinski definition) is 1. The summed E-state index contributed by atoms with van der Waals surface area (Å²) in [5.41, 5.74) is 3.01. The van der Waals surface area contributed by atoms with E-state index in [1.54, 1.807) is 0 Å². The maximum Gasteiger partial charge on any atom is 0.193 e. The van der Waals surface area contributed by atoms with Crippen molar-refractivity contribution in [1.29, 1.82) is 0 Å². The van der Waals surface area contributed by atoms with E-state index in [1.807, 2.05) is 12.1 Å². The molecule has 108 valence electrons. The highest BCUT2D eigenvalue weighted by atomic mass is 28.3. The van der Waals surface area contributed by atoms with Gasteiger partial charge in [-0.3, -0.25) is 4.79 Å². The Balaban J connectivity index is 2.14. The van der Waals surface area contributed by atoms with Crippen LogP contribution in [0, 0.1) is 6.92 Å². The van der Waals surface area contributed by atoms with E-state index < -0.39 is 8.07 Å². The lowest BCUT2D eigenvalue weighted by Crippen LogP contribution is -2.59. The molecule has 0 radical (unpaired) electrons. The van der Waals surface area contributed by atoms with Gasteiger partial charge in [-0.2, -0.15) is 0 Å². The van der Waals surface area contributed by atoms with Crippen LogP contribution in [0.25, 0.3) is 10.8 Å². The van der Waals surface area contributed by atoms with Gasteiger partial charge in [-0.25, -0.2) is 0 Å². The average molecular weight is 302 g/mol. The van der Waals surface area contributed by atoms with Crippen LogP contribution in [-0.2, 0) is 0 Å². The second-order valence-corrected chi connectivity index (χ2v) is 11.0. The third-order valence-corrected chi connectivity index (χ3v) is 8.47. The van der Waals surface area contributed by atoms with Crippen molar-refractivity contribution >= 4 is 35.0 Å². The van der Waals surface area contributed by atoms with E-state index >= 15 is 0 Å². The Morgan fingerprint density at radius 3 is 2.41 bits per heavy atom. The number of benzene rings is 3. The molecule has 0 saturated heterocycles. The molecule has 0 unspecified atom stereocenters. The smallest absolute Gasteiger partial charge is 0.193 e. The SMILES string of the molecule is Cc1ccc2c(c1)C(=O)c1c(ccc3ccccc13)[Si]2(C)C. The summed E-state index contributed by atoms with van der Waals surface area (Å²) in [6.07, 6.45) is 0. The van der Waals surface area contributed by atoms with E-state index in [9.17, 15) is 4.79 Å². The molecule has 4 rings (SSSR count). The van der Waals surface area contributed by atoms with Crippen molar-refractivity contribution in [2.24, 2.45) is 0 Å². The summed E-state index contributed by atoms with van der Waals surface area (Å²) in [5.74, 6) is 0.192. The Labute approximate surface area is 131 Å². The fraction of sp³-hybridized carbons (Fsp3) is 0.150. The molecule has 3 aromatic rings. The first-order valence-electron chi connectivity index (χ1n) is 7.68. The van der Waals surface area contributed by atoms with Gasteiger partial charge in [0, 0.05) is 11.1 Å². The van der Waals surface area contributed by atoms with Gasteiger partial charge in [0.15, 0.2) is 5.78 Å². The third kappa shape index (κ3) is 1.67. The zero-order chi connectivity index (χ0) is 15.5. The third-order valence-electron chi connectivity index (χ3n) is 4.92. The topological polar surface area (TPSA) is 17.1 Å². The van der Waals surface area contributed by atoms with Crippen molar-refractivity contribution in [2.75, 3.05) is 0 Å². The zero-order valence-electron chi connectivity index (χ0n) is 13.1. The van der Waals surface area contributed by atoms with Crippen LogP contribution in [0.3, 0.4) is 0 Å². The molecule has 1 heterocycles. The Kier molecular flexibility index (Phi) is 2.69. The van der Waals surface area contributed by atoms with Crippen LogP contribution in [0.15, 0.2) is 54.6 Å². The normalized spacial score (nSPS) is 15.5. The fourth-order valence-corrected chi connectivity index (χ4v) is 6.73. The molecule has 0 fully saturated rings. The molecule has 0 N–H and O–H groups in total. The summed E-state index contributed by atoms with van der Waals surface area (Å²) in [7, 11) is -1.83. The average Bonchev–Trinajstić information content (AvgIpc) is 2.51. The van der Waals surface area contributed by atoms with Crippen LogP contribution in [0.1, 0.15) is 21.5 Å². The number of carbonyl (C=O) groups excluding carboxylic acids is 1. The number of fused-ring (bicyclic) bond motifs is 4. The summed E-state index contributed by atoms with van der Waals surface area (Å²) in [5, 5.41) is 4.78. The maximum absolute atomic E-state index is 13.2. The van der Waals surface area contributed by atoms with Crippen LogP contribution < -0.4 is 10.4 Å². The van der Waals surface area contributed by atoms with E-state index in [0.29, 0.717) is 0 Å². The molecular formula is C20H18OSi. The minimum absolute atomic E-state index is 0.192. The van der Waals surface area contributed by atoms with Gasteiger partial charge in [0.2, 0.25) is 0 Å². The molecule has 3 aromatic carbocycles. The molecule has 1 nitrogen and oxygen atoms in total. The van der Waals surface area contributed by atoms with Gasteiger partial charge in [0.25, 0.3) is 0 Å². The lowest BCUT2D eigenvalue weighted by molar-refractivity contribution is 0.104. The molecule has 0 bridgehead atoms. The van der Waals surface area contributed by atoms with Crippen molar-refractivity contribution < 1.29 is 4.79 Å². The van der Waals surface area contributed by atoms with Gasteiger partial charge in [0.1, 0.15) is 8.07 Å². The zero-order valence-corrected chi connectivity index (χ0v) is 14.1. The number of hydrogen-bond donors (Lipinski definition) is 0. The Hall–Kier alpha value is -2.19. The maximum atomic E-state index is 13.2. The van der Waals surface area contributed by atoms with Gasteiger partial charge in [-0.05, 0) is 34.1 Å². The number of rotatable bonds is 0. The van der Waals surface area contributed by atoms with Crippen LogP contribution >= 0.6 is 0 Å². The van der Waals surface area contributed by atoms with Crippen LogP contribution in [0.2, 0.25) is 13.1 Å². The largest absolute Gasteiger partial charge is 0.289 e. The molecule has 0 aromatic heterocycles. The quantitative estimate of drug-likeness (QED) is 0.581. The van der Waals surface area contributed by atoms with Gasteiger partial charge in [-0.1, -0.05) is 67.2 Å². The Bertz CT molecular complexity index is 938. The standard InChI is InChI=1S/C20H18OSi/c1-13-8-10-17-16(12-13)20(21)19-15-7-5-4-6-14(15)9-11-18(19)22(17,2)3/h4-12H,1-3H3. The summed E-state index contributed by atoms with van der Waals surface area (Å²) in [6, 6.07) is 18.9. The minimum Gasteiger partial charge on any atom is -0.289 e. The highest BCUT2D eigenvalue weighted by Crippen LogP contribution is 2.27. The van der Waals surface area contributed by atoms with E-state index in [-0.39, 0.29) is 5.78 Å². The molecule has 0 amide bonds. The second-order valence-electron chi connectivity index (χ2n) is 6.71. The molecule has 0 atom stereocenters. The van der Waals surface area contributed by atoms with Crippen molar-refractivity contribution in [3.63, 3.8) is 0 Å². The number of carbonyl (C=O) groups is 1. The highest BCUT2D eigenvalue weighted by Gasteiger charge is 2.39. The lowest BCUT2D eigenvalue weighted by atomic mass is 9.95. The monoisotopic (exact) mass is 302 g/mol. The molecular weight excluding hydrogens is 284 g/mol. The lowest BCUT2D eigenvalue weighted by Gasteiger charge is -2.33. The minimum atomic E-state index is -1.83. The predicted molar refractivity (Wildman–Crippen MR) is 95.3 cm³/mol. The van der Waals surface area contributed by atoms with Crippen molar-refractivity contribution in [3.8, 4) is 0 Å². The van der Waals surface area contributed by atoms with Crippen LogP contribution in [0.4, 0.5) is 0 Å². The molecule has 0 aliphatic carbocycles. The Morgan fingerprint density at radius 2 is 1.59 bits per heavy atom. The van der Waals surface area contributed by atoms with Gasteiger partial charge in [0.05, 0.1) is 0 Å². The Morgan fingerprint density at radius 1 is 0.864 bits per heavy atom. The first-order valence-corrected chi connectivity index (χ1v) is 10.7. The van der Waals surface area contributed by atoms with Crippen LogP contribution in [-0.4, -0.2) is 13.9 Å². The second kappa shape index (κ2) is 4.40. The van der Waals surface area contributed by atoms with E-state index in [1.165, 1.54) is 10.4 Å². The summed E-state index contributed by atoms with van der Waals surface area (Å²) >= 11 is 0. The van der Waals surface area contributed by atoms with Gasteiger partial charge < -0.3 is 0 Å². The first-order chi connectivity index (χ1) is 10.5. The summed E-state index contributed by atoms with van der Waals surface area (Å²) in [6.45, 7) is 6.75. The van der Waals surface area contributed by atoms with E-state index in [2.05, 4.69) is 62.5 Å². The molecule has 2 heteroatoms. The molecule has 1 aliphatic heterocycles. The predicted octanol–water partition coefficient (Wildman–Crippen LogP) is 3.52. The van der Waals surface area contributed by atoms with Crippen molar-refractivity contribution in [3.05, 3.63) is 71.3 Å².